The van der Waals surface area contributed by atoms with Crippen LogP contribution >= 0.6 is 15.6 Å². The number of aliphatic hydroxyl groups excluding tert-OH is 1. The van der Waals surface area contributed by atoms with Crippen molar-refractivity contribution in [2.75, 3.05) is 18.9 Å². The van der Waals surface area contributed by atoms with E-state index in [4.69, 9.17) is 39.0 Å². The average molecular weight is 674 g/mol. The first-order valence-electron chi connectivity index (χ1n) is 13.1. The topological polar surface area (TPSA) is 288 Å². The van der Waals surface area contributed by atoms with Gasteiger partial charge in [0.2, 0.25) is 0 Å². The minimum Gasteiger partial charge on any atom is -0.387 e. The maximum atomic E-state index is 15.9. The Kier molecular flexibility index (Phi) is 7.30. The minimum atomic E-state index is -5.11. The lowest BCUT2D eigenvalue weighted by Gasteiger charge is -2.26. The predicted octanol–water partition coefficient (Wildman–Crippen LogP) is -0.663. The number of aliphatic imine (C=N–C) groups is 1. The van der Waals surface area contributed by atoms with Gasteiger partial charge >= 0.3 is 15.6 Å². The summed E-state index contributed by atoms with van der Waals surface area (Å²) in [5, 5.41) is 13.7. The summed E-state index contributed by atoms with van der Waals surface area (Å²) in [4.78, 5) is 41.5. The molecule has 24 heteroatoms. The second-order valence-electron chi connectivity index (χ2n) is 10.2. The van der Waals surface area contributed by atoms with E-state index in [1.165, 1.54) is 10.9 Å². The average Bonchev–Trinajstić information content (AvgIpc) is 3.72. The first-order valence-corrected chi connectivity index (χ1v) is 16.1. The second-order valence-corrected chi connectivity index (χ2v) is 13.1. The normalized spacial score (nSPS) is 38.8. The molecule has 3 saturated heterocycles. The Morgan fingerprint density at radius 3 is 2.38 bits per heavy atom. The van der Waals surface area contributed by atoms with Gasteiger partial charge in [-0.2, -0.15) is 4.99 Å². The number of anilines is 1. The van der Waals surface area contributed by atoms with Crippen LogP contribution in [0, 0.1) is 0 Å². The number of aliphatic hydroxyl groups is 1. The van der Waals surface area contributed by atoms with Crippen LogP contribution in [0.15, 0.2) is 30.6 Å². The Bertz CT molecular complexity index is 1810. The van der Waals surface area contributed by atoms with Crippen LogP contribution in [0.5, 0.6) is 0 Å². The number of alkyl halides is 1. The molecular weight excluding hydrogens is 649 g/mol. The van der Waals surface area contributed by atoms with E-state index in [1.807, 2.05) is 0 Å². The van der Waals surface area contributed by atoms with Gasteiger partial charge in [-0.15, -0.1) is 0 Å². The van der Waals surface area contributed by atoms with Gasteiger partial charge in [-0.05, 0) is 0 Å². The highest BCUT2D eigenvalue weighted by atomic mass is 31.2. The number of halogens is 1. The third-order valence-electron chi connectivity index (χ3n) is 7.39. The number of aromatic nitrogens is 6. The first-order chi connectivity index (χ1) is 21.3. The molecule has 0 aliphatic carbocycles. The van der Waals surface area contributed by atoms with Gasteiger partial charge in [0.15, 0.2) is 41.9 Å². The van der Waals surface area contributed by atoms with E-state index in [2.05, 4.69) is 36.8 Å². The number of nitrogen functional groups attached to an aromatic ring is 1. The molecule has 2 bridgehead atoms. The Morgan fingerprint density at radius 1 is 0.956 bits per heavy atom. The lowest BCUT2D eigenvalue weighted by Crippen LogP contribution is -2.35. The number of nitrogens with one attached hydrogen (secondary N) is 1. The van der Waals surface area contributed by atoms with Gasteiger partial charge < -0.3 is 41.2 Å². The number of nitrogens with two attached hydrogens (primary N) is 2. The Hall–Kier alpha value is -3.40. The molecule has 8 N–H and O–H groups in total. The quantitative estimate of drug-likeness (QED) is 0.184. The molecule has 0 saturated carbocycles. The fraction of sp³-hybridized carbons (Fsp3) is 0.476. The van der Waals surface area contributed by atoms with Crippen LogP contribution in [0.1, 0.15) is 18.1 Å². The van der Waals surface area contributed by atoms with Crippen molar-refractivity contribution in [1.82, 2.24) is 34.4 Å². The van der Waals surface area contributed by atoms with E-state index in [0.717, 1.165) is 17.2 Å². The molecule has 10 atom stereocenters. The molecule has 4 aliphatic rings. The largest absolute Gasteiger partial charge is 0.472 e. The molecule has 0 spiro atoms. The molecule has 3 aromatic heterocycles. The number of rotatable bonds is 2. The van der Waals surface area contributed by atoms with E-state index in [-0.39, 0.29) is 34.5 Å². The van der Waals surface area contributed by atoms with Crippen molar-refractivity contribution >= 4 is 50.1 Å². The number of imidazole rings is 2. The molecule has 0 aromatic carbocycles. The summed E-state index contributed by atoms with van der Waals surface area (Å²) in [5.41, 5.74) is 12.4. The maximum absolute atomic E-state index is 15.9. The number of phosphoric ester groups is 2. The van der Waals surface area contributed by atoms with Crippen LogP contribution in [0.4, 0.5) is 16.0 Å². The summed E-state index contributed by atoms with van der Waals surface area (Å²) < 4.78 is 76.8. The van der Waals surface area contributed by atoms with Crippen molar-refractivity contribution in [3.05, 3.63) is 31.3 Å². The van der Waals surface area contributed by atoms with Crippen molar-refractivity contribution in [3.63, 3.8) is 0 Å². The molecule has 45 heavy (non-hydrogen) atoms. The Morgan fingerprint density at radius 2 is 1.62 bits per heavy atom. The fourth-order valence-electron chi connectivity index (χ4n) is 5.35. The van der Waals surface area contributed by atoms with E-state index in [9.17, 15) is 24.0 Å². The summed E-state index contributed by atoms with van der Waals surface area (Å²) in [6.07, 6.45) is -9.92. The van der Waals surface area contributed by atoms with Crippen molar-refractivity contribution in [2.24, 2.45) is 10.7 Å². The van der Waals surface area contributed by atoms with E-state index >= 15 is 4.39 Å². The third kappa shape index (κ3) is 5.32. The molecule has 3 aromatic rings. The zero-order chi connectivity index (χ0) is 31.8. The van der Waals surface area contributed by atoms with Gasteiger partial charge in [-0.1, -0.05) is 6.58 Å². The monoisotopic (exact) mass is 674 g/mol. The molecule has 3 fully saturated rings. The summed E-state index contributed by atoms with van der Waals surface area (Å²) in [5.74, 6) is 0.0687. The van der Waals surface area contributed by atoms with Gasteiger partial charge in [0.25, 0.3) is 0 Å². The lowest BCUT2D eigenvalue weighted by atomic mass is 10.1. The third-order valence-corrected chi connectivity index (χ3v) is 9.36. The fourth-order valence-corrected chi connectivity index (χ4v) is 7.24. The lowest BCUT2D eigenvalue weighted by molar-refractivity contribution is -0.0675. The molecule has 0 amide bonds. The molecular formula is C21H25FN10O11P2. The van der Waals surface area contributed by atoms with Crippen molar-refractivity contribution in [2.45, 2.75) is 49.1 Å². The number of phosphoric acid groups is 2. The van der Waals surface area contributed by atoms with Crippen LogP contribution < -0.4 is 16.8 Å². The molecule has 4 aliphatic heterocycles. The molecule has 7 rings (SSSR count). The van der Waals surface area contributed by atoms with Crippen LogP contribution in [0.3, 0.4) is 0 Å². The zero-order valence-corrected chi connectivity index (χ0v) is 24.4. The highest BCUT2D eigenvalue weighted by molar-refractivity contribution is 7.47. The zero-order valence-electron chi connectivity index (χ0n) is 22.6. The predicted molar refractivity (Wildman–Crippen MR) is 145 cm³/mol. The van der Waals surface area contributed by atoms with Crippen LogP contribution in [0.2, 0.25) is 0 Å². The maximum Gasteiger partial charge on any atom is 0.472 e. The van der Waals surface area contributed by atoms with Gasteiger partial charge in [0.05, 0.1) is 31.6 Å². The highest BCUT2D eigenvalue weighted by Crippen LogP contribution is 2.54. The number of nitrogens with zero attached hydrogens (tertiary/aromatic N) is 7. The molecule has 7 heterocycles. The second kappa shape index (κ2) is 10.9. The molecule has 0 radical (unpaired) electrons. The van der Waals surface area contributed by atoms with Gasteiger partial charge in [-0.3, -0.25) is 27.2 Å². The first kappa shape index (κ1) is 30.3. The van der Waals surface area contributed by atoms with E-state index in [0.29, 0.717) is 5.70 Å². The van der Waals surface area contributed by atoms with E-state index in [1.54, 1.807) is 0 Å². The SMILES string of the molecule is C=C1NC(N)=Nc2c1ncn2[C@@H]1O[C@@H]2COP(=O)(O)O[C@H]3C(F)[C@H](n4cnc5c(N)ncnc54)O[C@@H]3COP(=O)(O)O[C@@H]1C2O. The molecule has 4 unspecified atom stereocenters. The van der Waals surface area contributed by atoms with Crippen molar-refractivity contribution in [3.8, 4) is 0 Å². The molecule has 242 valence electrons. The number of hydrogen-bond acceptors (Lipinski definition) is 17. The number of guanidine groups is 1. The summed E-state index contributed by atoms with van der Waals surface area (Å²) in [7, 11) is -10.2. The van der Waals surface area contributed by atoms with Gasteiger partial charge in [0.1, 0.15) is 48.1 Å². The van der Waals surface area contributed by atoms with Crippen LogP contribution in [-0.4, -0.2) is 99.8 Å². The summed E-state index contributed by atoms with van der Waals surface area (Å²) >= 11 is 0. The summed E-state index contributed by atoms with van der Waals surface area (Å²) in [6, 6.07) is 0. The Labute approximate surface area is 250 Å². The van der Waals surface area contributed by atoms with E-state index < -0.39 is 78.0 Å². The van der Waals surface area contributed by atoms with Gasteiger partial charge in [0, 0.05) is 0 Å². The Balaban J connectivity index is 1.19. The number of hydrogen-bond donors (Lipinski definition) is 6. The molecule has 21 nitrogen and oxygen atoms in total. The van der Waals surface area contributed by atoms with Gasteiger partial charge in [-0.25, -0.2) is 33.5 Å². The smallest absolute Gasteiger partial charge is 0.387 e. The van der Waals surface area contributed by atoms with Crippen molar-refractivity contribution < 1.29 is 56.0 Å². The van der Waals surface area contributed by atoms with Crippen LogP contribution in [0.25, 0.3) is 16.9 Å². The standard InChI is InChI=1S/C21H25FN10O11P2/c1-7-11-18(30-21(24)29-7)32(5-27-11)20-15-13(33)8(40-20)2-38-44(34,35)42-14-9(3-39-45(36,37)43-15)41-19(10(14)22)31-6-28-12-16(23)25-4-26-17(12)31/h4-6,8-10,13-15,19-20,33H,1-3H2,(H,34,35)(H,36,37)(H2,23,25,26)(H3,24,29,30)/t8-,9-,10?,13?,14-,15-,19-,20-/m1/s1. The minimum absolute atomic E-state index is 0.00587. The number of fused-ring (bicyclic) bond motifs is 5. The summed E-state index contributed by atoms with van der Waals surface area (Å²) in [6.45, 7) is 2.11. The number of ether oxygens (including phenoxy) is 2. The van der Waals surface area contributed by atoms with Crippen molar-refractivity contribution in [1.29, 1.82) is 0 Å². The highest BCUT2D eigenvalue weighted by Gasteiger charge is 2.54. The van der Waals surface area contributed by atoms with Crippen LogP contribution in [-0.2, 0) is 36.7 Å².